The smallest absolute Gasteiger partial charge is 0.310 e. The van der Waals surface area contributed by atoms with E-state index in [9.17, 15) is 4.79 Å². The molecule has 0 spiro atoms. The van der Waals surface area contributed by atoms with Crippen LogP contribution in [0.5, 0.6) is 0 Å². The summed E-state index contributed by atoms with van der Waals surface area (Å²) < 4.78 is 5.56. The summed E-state index contributed by atoms with van der Waals surface area (Å²) in [6.07, 6.45) is 3.52. The Morgan fingerprint density at radius 2 is 1.63 bits per heavy atom. The van der Waals surface area contributed by atoms with Gasteiger partial charge in [-0.15, -0.1) is 0 Å². The molecule has 0 aliphatic carbocycles. The van der Waals surface area contributed by atoms with Crippen LogP contribution in [0.25, 0.3) is 28.0 Å². The van der Waals surface area contributed by atoms with E-state index < -0.39 is 0 Å². The summed E-state index contributed by atoms with van der Waals surface area (Å²) in [4.78, 5) is 28.8. The summed E-state index contributed by atoms with van der Waals surface area (Å²) in [5.41, 5.74) is 5.09. The predicted molar refractivity (Wildman–Crippen MR) is 116 cm³/mol. The number of imidazole rings is 2. The average Bonchev–Trinajstić information content (AvgIpc) is 3.43. The van der Waals surface area contributed by atoms with E-state index in [0.717, 1.165) is 47.1 Å². The minimum Gasteiger partial charge on any atom is -0.310 e. The van der Waals surface area contributed by atoms with Crippen molar-refractivity contribution >= 4 is 34.0 Å². The summed E-state index contributed by atoms with van der Waals surface area (Å²) in [5.74, 6) is 0.901. The number of pyridine rings is 2. The average molecular weight is 397 g/mol. The molecule has 8 nitrogen and oxygen atoms in total. The maximum atomic E-state index is 13.0. The fourth-order valence-electron chi connectivity index (χ4n) is 4.31. The van der Waals surface area contributed by atoms with Crippen molar-refractivity contribution in [1.29, 1.82) is 0 Å². The van der Waals surface area contributed by atoms with Crippen LogP contribution in [0.4, 0.5) is 11.6 Å². The molecule has 1 aromatic carbocycles. The number of hydrogen-bond acceptors (Lipinski definition) is 5. The highest BCUT2D eigenvalue weighted by molar-refractivity contribution is 5.78. The van der Waals surface area contributed by atoms with Crippen molar-refractivity contribution in [2.45, 2.75) is 20.0 Å². The lowest BCUT2D eigenvalue weighted by molar-refractivity contribution is 0.734. The molecule has 0 amide bonds. The molecule has 0 fully saturated rings. The third kappa shape index (κ3) is 2.27. The van der Waals surface area contributed by atoms with E-state index >= 15 is 0 Å². The van der Waals surface area contributed by atoms with E-state index in [2.05, 4.69) is 19.4 Å². The summed E-state index contributed by atoms with van der Waals surface area (Å²) >= 11 is 0. The molecule has 0 N–H and O–H groups in total. The van der Waals surface area contributed by atoms with Gasteiger partial charge in [0.15, 0.2) is 11.3 Å². The minimum absolute atomic E-state index is 0.0759. The Kier molecular flexibility index (Phi) is 3.55. The van der Waals surface area contributed by atoms with Crippen molar-refractivity contribution in [1.82, 2.24) is 28.7 Å². The Morgan fingerprint density at radius 3 is 2.43 bits per heavy atom. The summed E-state index contributed by atoms with van der Waals surface area (Å²) in [5, 5.41) is 0. The lowest BCUT2D eigenvalue weighted by Crippen LogP contribution is -2.22. The number of anilines is 2. The van der Waals surface area contributed by atoms with E-state index in [1.807, 2.05) is 55.5 Å². The first-order valence-electron chi connectivity index (χ1n) is 10.0. The van der Waals surface area contributed by atoms with Crippen molar-refractivity contribution in [2.24, 2.45) is 0 Å². The van der Waals surface area contributed by atoms with E-state index in [0.29, 0.717) is 12.2 Å². The first-order valence-corrected chi connectivity index (χ1v) is 10.0. The first kappa shape index (κ1) is 17.0. The van der Waals surface area contributed by atoms with Gasteiger partial charge in [-0.25, -0.2) is 24.3 Å². The maximum absolute atomic E-state index is 13.0. The maximum Gasteiger partial charge on any atom is 0.334 e. The van der Waals surface area contributed by atoms with Gasteiger partial charge in [-0.05, 0) is 55.5 Å². The number of hydrogen-bond donors (Lipinski definition) is 0. The SMILES string of the molecule is CCn1c(=O)n(-c2ccc(N3CCn4c3nc3cccnc34)cc2)c2ncccc21. The lowest BCUT2D eigenvalue weighted by Gasteiger charge is -2.16. The molecule has 0 atom stereocenters. The molecule has 6 rings (SSSR count). The van der Waals surface area contributed by atoms with Crippen LogP contribution in [0.15, 0.2) is 65.7 Å². The van der Waals surface area contributed by atoms with Crippen molar-refractivity contribution in [3.05, 3.63) is 71.4 Å². The topological polar surface area (TPSA) is 73.8 Å². The summed E-state index contributed by atoms with van der Waals surface area (Å²) in [7, 11) is 0. The molecule has 0 unspecified atom stereocenters. The van der Waals surface area contributed by atoms with Crippen LogP contribution in [-0.4, -0.2) is 35.2 Å². The van der Waals surface area contributed by atoms with Gasteiger partial charge in [0.2, 0.25) is 5.95 Å². The Labute approximate surface area is 171 Å². The number of fused-ring (bicyclic) bond motifs is 4. The highest BCUT2D eigenvalue weighted by atomic mass is 16.1. The van der Waals surface area contributed by atoms with Gasteiger partial charge in [-0.3, -0.25) is 9.13 Å². The van der Waals surface area contributed by atoms with Crippen LogP contribution in [-0.2, 0) is 13.1 Å². The van der Waals surface area contributed by atoms with Crippen LogP contribution < -0.4 is 10.6 Å². The molecule has 0 saturated heterocycles. The molecular formula is C22H19N7O. The molecule has 4 aromatic heterocycles. The molecular weight excluding hydrogens is 378 g/mol. The third-order valence-corrected chi connectivity index (χ3v) is 5.70. The normalized spacial score (nSPS) is 13.4. The zero-order valence-electron chi connectivity index (χ0n) is 16.4. The number of benzene rings is 1. The van der Waals surface area contributed by atoms with E-state index in [1.165, 1.54) is 0 Å². The van der Waals surface area contributed by atoms with E-state index in [-0.39, 0.29) is 5.69 Å². The standard InChI is InChI=1S/C22H19N7O/c1-2-26-18-6-4-12-24-20(18)29(22(26)30)16-9-7-15(8-10-16)27-13-14-28-19-17(25-21(27)28)5-3-11-23-19/h3-12H,2,13-14H2,1H3. The third-order valence-electron chi connectivity index (χ3n) is 5.70. The molecule has 30 heavy (non-hydrogen) atoms. The molecule has 8 heteroatoms. The Morgan fingerprint density at radius 1 is 0.900 bits per heavy atom. The monoisotopic (exact) mass is 397 g/mol. The number of nitrogens with zero attached hydrogens (tertiary/aromatic N) is 7. The fourth-order valence-corrected chi connectivity index (χ4v) is 4.31. The Bertz CT molecular complexity index is 1460. The molecule has 148 valence electrons. The zero-order valence-corrected chi connectivity index (χ0v) is 16.4. The summed E-state index contributed by atoms with van der Waals surface area (Å²) in [6, 6.07) is 15.7. The highest BCUT2D eigenvalue weighted by Gasteiger charge is 2.25. The molecule has 5 heterocycles. The van der Waals surface area contributed by atoms with Crippen LogP contribution in [0.3, 0.4) is 0 Å². The zero-order chi connectivity index (χ0) is 20.2. The van der Waals surface area contributed by atoms with E-state index in [4.69, 9.17) is 4.98 Å². The minimum atomic E-state index is -0.0759. The second-order valence-corrected chi connectivity index (χ2v) is 7.29. The lowest BCUT2D eigenvalue weighted by atomic mass is 10.2. The Hall–Kier alpha value is -3.94. The number of rotatable bonds is 3. The van der Waals surface area contributed by atoms with Crippen LogP contribution in [0, 0.1) is 0 Å². The van der Waals surface area contributed by atoms with Crippen LogP contribution in [0.2, 0.25) is 0 Å². The van der Waals surface area contributed by atoms with E-state index in [1.54, 1.807) is 21.5 Å². The van der Waals surface area contributed by atoms with Crippen molar-refractivity contribution in [3.63, 3.8) is 0 Å². The van der Waals surface area contributed by atoms with Gasteiger partial charge in [-0.2, -0.15) is 0 Å². The van der Waals surface area contributed by atoms with Gasteiger partial charge in [0.05, 0.1) is 11.2 Å². The van der Waals surface area contributed by atoms with Crippen LogP contribution >= 0.6 is 0 Å². The largest absolute Gasteiger partial charge is 0.334 e. The predicted octanol–water partition coefficient (Wildman–Crippen LogP) is 3.10. The molecule has 0 bridgehead atoms. The van der Waals surface area contributed by atoms with Crippen LogP contribution in [0.1, 0.15) is 6.92 Å². The highest BCUT2D eigenvalue weighted by Crippen LogP contribution is 2.32. The van der Waals surface area contributed by atoms with Gasteiger partial charge in [0.1, 0.15) is 5.52 Å². The fraction of sp³-hybridized carbons (Fsp3) is 0.182. The second kappa shape index (κ2) is 6.28. The first-order chi connectivity index (χ1) is 14.8. The summed E-state index contributed by atoms with van der Waals surface area (Å²) in [6.45, 7) is 4.25. The van der Waals surface area contributed by atoms with Crippen molar-refractivity contribution in [3.8, 4) is 5.69 Å². The Balaban J connectivity index is 1.43. The van der Waals surface area contributed by atoms with Gasteiger partial charge in [0.25, 0.3) is 0 Å². The quantitative estimate of drug-likeness (QED) is 0.468. The molecule has 0 radical (unpaired) electrons. The second-order valence-electron chi connectivity index (χ2n) is 7.29. The van der Waals surface area contributed by atoms with Crippen molar-refractivity contribution in [2.75, 3.05) is 11.4 Å². The number of aromatic nitrogens is 6. The molecule has 1 aliphatic heterocycles. The van der Waals surface area contributed by atoms with Gasteiger partial charge >= 0.3 is 5.69 Å². The number of aryl methyl sites for hydroxylation is 1. The van der Waals surface area contributed by atoms with Crippen molar-refractivity contribution < 1.29 is 0 Å². The molecule has 0 saturated carbocycles. The van der Waals surface area contributed by atoms with Gasteiger partial charge < -0.3 is 4.90 Å². The van der Waals surface area contributed by atoms with Gasteiger partial charge in [-0.1, -0.05) is 0 Å². The molecule has 1 aliphatic rings. The van der Waals surface area contributed by atoms with Gasteiger partial charge in [0, 0.05) is 37.7 Å². The molecule has 5 aromatic rings.